The number of carbonyl (C=O) groups excluding carboxylic acids is 1. The molecule has 0 radical (unpaired) electrons. The zero-order valence-electron chi connectivity index (χ0n) is 9.09. The van der Waals surface area contributed by atoms with Gasteiger partial charge in [0.05, 0.1) is 5.70 Å². The Hall–Kier alpha value is -2.30. The number of hydrazine groups is 1. The van der Waals surface area contributed by atoms with E-state index in [0.717, 1.165) is 16.3 Å². The first-order valence-corrected chi connectivity index (χ1v) is 5.21. The Labute approximate surface area is 98.3 Å². The van der Waals surface area contributed by atoms with Crippen LogP contribution in [-0.4, -0.2) is 28.5 Å². The fraction of sp³-hybridized carbons (Fsp3) is 0.167. The van der Waals surface area contributed by atoms with E-state index in [4.69, 9.17) is 5.11 Å². The molecule has 0 bridgehead atoms. The molecule has 5 nitrogen and oxygen atoms in total. The Bertz CT molecular complexity index is 468. The highest BCUT2D eigenvalue weighted by molar-refractivity contribution is 5.86. The highest BCUT2D eigenvalue weighted by Crippen LogP contribution is 2.16. The molecule has 2 rings (SSSR count). The third-order valence-electron chi connectivity index (χ3n) is 2.42. The molecule has 0 fully saturated rings. The van der Waals surface area contributed by atoms with Crippen molar-refractivity contribution in [1.29, 1.82) is 0 Å². The molecule has 0 aliphatic carbocycles. The van der Waals surface area contributed by atoms with Crippen molar-refractivity contribution in [2.24, 2.45) is 0 Å². The van der Waals surface area contributed by atoms with Crippen LogP contribution in [0.25, 0.3) is 5.70 Å². The molecule has 1 aliphatic rings. The SMILES string of the molecule is O=C(O)CN1NC(c2ccccc2)=CCC1=O. The van der Waals surface area contributed by atoms with Gasteiger partial charge in [0.25, 0.3) is 0 Å². The first-order valence-electron chi connectivity index (χ1n) is 5.21. The van der Waals surface area contributed by atoms with Crippen molar-refractivity contribution in [1.82, 2.24) is 10.4 Å². The lowest BCUT2D eigenvalue weighted by Crippen LogP contribution is -2.46. The van der Waals surface area contributed by atoms with E-state index in [-0.39, 0.29) is 18.9 Å². The van der Waals surface area contributed by atoms with E-state index < -0.39 is 5.97 Å². The number of carbonyl (C=O) groups is 2. The minimum atomic E-state index is -1.04. The minimum absolute atomic E-state index is 0.213. The van der Waals surface area contributed by atoms with E-state index in [1.54, 1.807) is 6.08 Å². The second-order valence-corrected chi connectivity index (χ2v) is 3.67. The molecule has 2 N–H and O–H groups in total. The van der Waals surface area contributed by atoms with Crippen LogP contribution in [0.1, 0.15) is 12.0 Å². The Balaban J connectivity index is 2.16. The van der Waals surface area contributed by atoms with Crippen LogP contribution in [-0.2, 0) is 9.59 Å². The summed E-state index contributed by atoms with van der Waals surface area (Å²) in [5, 5.41) is 9.80. The average Bonchev–Trinajstić information content (AvgIpc) is 2.32. The summed E-state index contributed by atoms with van der Waals surface area (Å²) in [4.78, 5) is 22.1. The van der Waals surface area contributed by atoms with Gasteiger partial charge in [0.15, 0.2) is 0 Å². The summed E-state index contributed by atoms with van der Waals surface area (Å²) in [6.07, 6.45) is 1.97. The van der Waals surface area contributed by atoms with Gasteiger partial charge in [-0.15, -0.1) is 0 Å². The van der Waals surface area contributed by atoms with E-state index in [1.807, 2.05) is 30.3 Å². The zero-order chi connectivity index (χ0) is 12.3. The van der Waals surface area contributed by atoms with Crippen molar-refractivity contribution < 1.29 is 14.7 Å². The average molecular weight is 232 g/mol. The highest BCUT2D eigenvalue weighted by Gasteiger charge is 2.21. The van der Waals surface area contributed by atoms with Crippen LogP contribution in [0.3, 0.4) is 0 Å². The molecule has 88 valence electrons. The predicted molar refractivity (Wildman–Crippen MR) is 61.5 cm³/mol. The maximum absolute atomic E-state index is 11.5. The second kappa shape index (κ2) is 4.69. The van der Waals surface area contributed by atoms with Crippen LogP contribution in [0, 0.1) is 0 Å². The summed E-state index contributed by atoms with van der Waals surface area (Å²) < 4.78 is 0. The Morgan fingerprint density at radius 1 is 1.35 bits per heavy atom. The largest absolute Gasteiger partial charge is 0.480 e. The summed E-state index contributed by atoms with van der Waals surface area (Å²) >= 11 is 0. The van der Waals surface area contributed by atoms with Crippen LogP contribution >= 0.6 is 0 Å². The molecule has 1 amide bonds. The van der Waals surface area contributed by atoms with Gasteiger partial charge in [0.1, 0.15) is 6.54 Å². The van der Waals surface area contributed by atoms with Gasteiger partial charge in [-0.3, -0.25) is 15.0 Å². The van der Waals surface area contributed by atoms with Crippen molar-refractivity contribution in [2.45, 2.75) is 6.42 Å². The Kier molecular flexibility index (Phi) is 3.09. The molecule has 17 heavy (non-hydrogen) atoms. The number of hydrogen-bond donors (Lipinski definition) is 2. The molecule has 0 atom stereocenters. The summed E-state index contributed by atoms with van der Waals surface area (Å²) in [5.41, 5.74) is 4.50. The van der Waals surface area contributed by atoms with Crippen molar-refractivity contribution in [2.75, 3.05) is 6.54 Å². The Morgan fingerprint density at radius 3 is 2.71 bits per heavy atom. The molecular formula is C12H12N2O3. The van der Waals surface area contributed by atoms with E-state index in [0.29, 0.717) is 0 Å². The number of aliphatic carboxylic acids is 1. The Morgan fingerprint density at radius 2 is 2.06 bits per heavy atom. The highest BCUT2D eigenvalue weighted by atomic mass is 16.4. The lowest BCUT2D eigenvalue weighted by atomic mass is 10.1. The van der Waals surface area contributed by atoms with Crippen LogP contribution in [0.5, 0.6) is 0 Å². The van der Waals surface area contributed by atoms with E-state index in [1.165, 1.54) is 0 Å². The monoisotopic (exact) mass is 232 g/mol. The van der Waals surface area contributed by atoms with Gasteiger partial charge in [-0.1, -0.05) is 30.3 Å². The number of carboxylic acid groups (broad SMARTS) is 1. The molecule has 0 saturated carbocycles. The summed E-state index contributed by atoms with van der Waals surface area (Å²) in [5.74, 6) is -1.28. The van der Waals surface area contributed by atoms with Crippen molar-refractivity contribution in [3.63, 3.8) is 0 Å². The topological polar surface area (TPSA) is 69.6 Å². The van der Waals surface area contributed by atoms with Crippen LogP contribution in [0.4, 0.5) is 0 Å². The van der Waals surface area contributed by atoms with Gasteiger partial charge in [0, 0.05) is 6.42 Å². The van der Waals surface area contributed by atoms with Gasteiger partial charge < -0.3 is 5.11 Å². The number of rotatable bonds is 3. The number of benzene rings is 1. The lowest BCUT2D eigenvalue weighted by Gasteiger charge is -2.27. The van der Waals surface area contributed by atoms with Crippen LogP contribution in [0.15, 0.2) is 36.4 Å². The fourth-order valence-electron chi connectivity index (χ4n) is 1.62. The third-order valence-corrected chi connectivity index (χ3v) is 2.42. The predicted octanol–water partition coefficient (Wildman–Crippen LogP) is 0.849. The van der Waals surface area contributed by atoms with E-state index in [9.17, 15) is 9.59 Å². The van der Waals surface area contributed by atoms with Crippen molar-refractivity contribution in [3.05, 3.63) is 42.0 Å². The smallest absolute Gasteiger partial charge is 0.325 e. The fourth-order valence-corrected chi connectivity index (χ4v) is 1.62. The standard InChI is InChI=1S/C12H12N2O3/c15-11-7-6-10(9-4-2-1-3-5-9)13-14(11)8-12(16)17/h1-6,13H,7-8H2,(H,16,17). The molecule has 0 unspecified atom stereocenters. The quantitative estimate of drug-likeness (QED) is 0.810. The first kappa shape index (κ1) is 11.2. The number of hydrogen-bond acceptors (Lipinski definition) is 3. The normalized spacial score (nSPS) is 15.2. The molecule has 1 aromatic carbocycles. The summed E-state index contributed by atoms with van der Waals surface area (Å²) in [6, 6.07) is 9.46. The van der Waals surface area contributed by atoms with E-state index >= 15 is 0 Å². The molecule has 0 spiro atoms. The van der Waals surface area contributed by atoms with E-state index in [2.05, 4.69) is 5.43 Å². The number of nitrogens with zero attached hydrogens (tertiary/aromatic N) is 1. The van der Waals surface area contributed by atoms with Gasteiger partial charge in [-0.25, -0.2) is 5.01 Å². The van der Waals surface area contributed by atoms with Crippen LogP contribution < -0.4 is 5.43 Å². The first-order chi connectivity index (χ1) is 8.16. The van der Waals surface area contributed by atoms with Gasteiger partial charge in [-0.05, 0) is 11.6 Å². The van der Waals surface area contributed by atoms with Gasteiger partial charge in [-0.2, -0.15) is 0 Å². The second-order valence-electron chi connectivity index (χ2n) is 3.67. The lowest BCUT2D eigenvalue weighted by molar-refractivity contribution is -0.145. The molecule has 0 saturated heterocycles. The van der Waals surface area contributed by atoms with Gasteiger partial charge in [0.2, 0.25) is 5.91 Å². The summed E-state index contributed by atoms with van der Waals surface area (Å²) in [6.45, 7) is -0.344. The number of nitrogens with one attached hydrogen (secondary N) is 1. The third kappa shape index (κ3) is 2.63. The maximum Gasteiger partial charge on any atom is 0.325 e. The van der Waals surface area contributed by atoms with Crippen molar-refractivity contribution in [3.8, 4) is 0 Å². The minimum Gasteiger partial charge on any atom is -0.480 e. The number of carboxylic acids is 1. The zero-order valence-corrected chi connectivity index (χ0v) is 9.09. The van der Waals surface area contributed by atoms with Gasteiger partial charge >= 0.3 is 5.97 Å². The van der Waals surface area contributed by atoms with Crippen molar-refractivity contribution >= 4 is 17.6 Å². The molecule has 0 aromatic heterocycles. The molecule has 1 heterocycles. The number of amides is 1. The summed E-state index contributed by atoms with van der Waals surface area (Å²) in [7, 11) is 0. The maximum atomic E-state index is 11.5. The molecule has 5 heteroatoms. The molecular weight excluding hydrogens is 220 g/mol. The van der Waals surface area contributed by atoms with Crippen LogP contribution in [0.2, 0.25) is 0 Å². The molecule has 1 aliphatic heterocycles. The molecule has 1 aromatic rings.